The van der Waals surface area contributed by atoms with Crippen molar-refractivity contribution < 1.29 is 9.53 Å². The number of fused-ring (bicyclic) bond motifs is 1. The molecule has 34 heavy (non-hydrogen) atoms. The van der Waals surface area contributed by atoms with Crippen molar-refractivity contribution in [3.05, 3.63) is 84.6 Å². The van der Waals surface area contributed by atoms with E-state index in [4.69, 9.17) is 4.74 Å². The van der Waals surface area contributed by atoms with E-state index >= 15 is 0 Å². The Balaban J connectivity index is 1.67. The molecule has 0 saturated heterocycles. The third kappa shape index (κ3) is 5.69. The highest BCUT2D eigenvalue weighted by Crippen LogP contribution is 2.34. The molecular weight excluding hydrogens is 420 g/mol. The second-order valence-electron chi connectivity index (χ2n) is 10.2. The fourth-order valence-corrected chi connectivity index (χ4v) is 4.21. The molecule has 1 N–H and O–H groups in total. The summed E-state index contributed by atoms with van der Waals surface area (Å²) in [6, 6.07) is 25.6. The van der Waals surface area contributed by atoms with Gasteiger partial charge in [0.05, 0.1) is 0 Å². The molecule has 4 heteroatoms. The lowest BCUT2D eigenvalue weighted by Gasteiger charge is -2.19. The maximum absolute atomic E-state index is 12.1. The Bertz CT molecular complexity index is 1280. The van der Waals surface area contributed by atoms with Crippen LogP contribution in [-0.4, -0.2) is 16.3 Å². The molecule has 0 fully saturated rings. The van der Waals surface area contributed by atoms with Crippen LogP contribution in [0.2, 0.25) is 0 Å². The van der Waals surface area contributed by atoms with Crippen LogP contribution < -0.4 is 5.32 Å². The van der Waals surface area contributed by atoms with Crippen LogP contribution >= 0.6 is 0 Å². The average Bonchev–Trinajstić information content (AvgIpc) is 3.14. The number of alkyl carbamates (subject to hydrolysis) is 1. The van der Waals surface area contributed by atoms with Gasteiger partial charge in [-0.25, -0.2) is 4.79 Å². The van der Waals surface area contributed by atoms with Crippen LogP contribution in [0, 0.1) is 5.92 Å². The molecule has 0 aliphatic rings. The summed E-state index contributed by atoms with van der Waals surface area (Å²) in [6.07, 6.45) is 1.86. The number of nitrogens with zero attached hydrogens (tertiary/aromatic N) is 1. The van der Waals surface area contributed by atoms with Crippen molar-refractivity contribution in [1.29, 1.82) is 0 Å². The summed E-state index contributed by atoms with van der Waals surface area (Å²) in [5.41, 5.74) is 6.55. The number of ether oxygens (including phenoxy) is 1. The van der Waals surface area contributed by atoms with Crippen LogP contribution in [0.15, 0.2) is 79.0 Å². The van der Waals surface area contributed by atoms with Crippen LogP contribution in [0.25, 0.3) is 33.2 Å². The molecule has 0 aliphatic carbocycles. The smallest absolute Gasteiger partial charge is 0.407 e. The van der Waals surface area contributed by atoms with Gasteiger partial charge in [0.1, 0.15) is 5.60 Å². The Hall–Kier alpha value is -3.53. The summed E-state index contributed by atoms with van der Waals surface area (Å²) < 4.78 is 7.73. The van der Waals surface area contributed by atoms with Crippen molar-refractivity contribution >= 4 is 17.0 Å². The van der Waals surface area contributed by atoms with Crippen molar-refractivity contribution in [2.45, 2.75) is 53.3 Å². The van der Waals surface area contributed by atoms with Gasteiger partial charge in [0.15, 0.2) is 0 Å². The van der Waals surface area contributed by atoms with E-state index in [-0.39, 0.29) is 0 Å². The number of hydrogen-bond donors (Lipinski definition) is 1. The van der Waals surface area contributed by atoms with Crippen molar-refractivity contribution in [3.8, 4) is 22.3 Å². The second-order valence-corrected chi connectivity index (χ2v) is 10.2. The van der Waals surface area contributed by atoms with Crippen LogP contribution in [0.1, 0.15) is 40.2 Å². The van der Waals surface area contributed by atoms with Gasteiger partial charge in [-0.1, -0.05) is 74.5 Å². The molecule has 4 nitrogen and oxygen atoms in total. The van der Waals surface area contributed by atoms with Gasteiger partial charge >= 0.3 is 6.09 Å². The highest BCUT2D eigenvalue weighted by molar-refractivity contribution is 5.98. The molecule has 0 unspecified atom stereocenters. The third-order valence-electron chi connectivity index (χ3n) is 5.62. The second kappa shape index (κ2) is 9.76. The summed E-state index contributed by atoms with van der Waals surface area (Å²) in [6.45, 7) is 11.5. The zero-order valence-corrected chi connectivity index (χ0v) is 20.8. The zero-order valence-electron chi connectivity index (χ0n) is 20.8. The fourth-order valence-electron chi connectivity index (χ4n) is 4.21. The number of aromatic nitrogens is 1. The van der Waals surface area contributed by atoms with Gasteiger partial charge in [0, 0.05) is 35.8 Å². The summed E-state index contributed by atoms with van der Waals surface area (Å²) >= 11 is 0. The van der Waals surface area contributed by atoms with E-state index in [0.717, 1.165) is 17.7 Å². The maximum Gasteiger partial charge on any atom is 0.407 e. The van der Waals surface area contributed by atoms with E-state index in [1.54, 1.807) is 0 Å². The molecule has 0 atom stereocenters. The van der Waals surface area contributed by atoms with Gasteiger partial charge < -0.3 is 14.6 Å². The number of carbonyl (C=O) groups is 1. The molecule has 0 radical (unpaired) electrons. The van der Waals surface area contributed by atoms with Gasteiger partial charge in [-0.05, 0) is 61.1 Å². The Morgan fingerprint density at radius 2 is 1.65 bits per heavy atom. The summed E-state index contributed by atoms with van der Waals surface area (Å²) in [5.74, 6) is 0.535. The van der Waals surface area contributed by atoms with E-state index in [1.165, 1.54) is 27.6 Å². The number of hydrogen-bond acceptors (Lipinski definition) is 2. The Morgan fingerprint density at radius 1 is 0.912 bits per heavy atom. The predicted molar refractivity (Wildman–Crippen MR) is 141 cm³/mol. The molecule has 1 heterocycles. The molecule has 4 aromatic rings. The van der Waals surface area contributed by atoms with Crippen molar-refractivity contribution in [2.75, 3.05) is 0 Å². The number of rotatable bonds is 6. The van der Waals surface area contributed by atoms with Gasteiger partial charge in [-0.2, -0.15) is 0 Å². The molecule has 1 amide bonds. The summed E-state index contributed by atoms with van der Waals surface area (Å²) in [5, 5.41) is 4.10. The molecule has 0 spiro atoms. The minimum absolute atomic E-state index is 0.403. The largest absolute Gasteiger partial charge is 0.444 e. The minimum atomic E-state index is -0.511. The number of carbonyl (C=O) groups excluding carboxylic acids is 1. The van der Waals surface area contributed by atoms with Gasteiger partial charge in [0.2, 0.25) is 0 Å². The number of benzene rings is 3. The summed E-state index contributed by atoms with van der Waals surface area (Å²) in [4.78, 5) is 12.1. The van der Waals surface area contributed by atoms with E-state index in [1.807, 2.05) is 39.0 Å². The zero-order chi connectivity index (χ0) is 24.3. The molecule has 0 saturated carbocycles. The highest BCUT2D eigenvalue weighted by Gasteiger charge is 2.16. The maximum atomic E-state index is 12.1. The number of nitrogens with one attached hydrogen (secondary N) is 1. The third-order valence-corrected chi connectivity index (χ3v) is 5.62. The van der Waals surface area contributed by atoms with Crippen LogP contribution in [0.5, 0.6) is 0 Å². The van der Waals surface area contributed by atoms with Crippen LogP contribution in [0.3, 0.4) is 0 Å². The van der Waals surface area contributed by atoms with Crippen LogP contribution in [-0.2, 0) is 17.8 Å². The average molecular weight is 455 g/mol. The predicted octanol–water partition coefficient (Wildman–Crippen LogP) is 7.66. The first-order valence-electron chi connectivity index (χ1n) is 11.9. The Kier molecular flexibility index (Phi) is 6.78. The quantitative estimate of drug-likeness (QED) is 0.325. The SMILES string of the molecule is CC(C)Cn1cc(-c2cccc(CNC(=O)OC(C)(C)C)c2)c2ccc(-c3ccccc3)cc21. The summed E-state index contributed by atoms with van der Waals surface area (Å²) in [7, 11) is 0. The lowest BCUT2D eigenvalue weighted by atomic mass is 9.99. The van der Waals surface area contributed by atoms with Gasteiger partial charge in [0.25, 0.3) is 0 Å². The first-order valence-corrected chi connectivity index (χ1v) is 11.9. The van der Waals surface area contributed by atoms with Crippen molar-refractivity contribution in [1.82, 2.24) is 9.88 Å². The van der Waals surface area contributed by atoms with E-state index < -0.39 is 11.7 Å². The highest BCUT2D eigenvalue weighted by atomic mass is 16.6. The molecule has 4 rings (SSSR count). The fraction of sp³-hybridized carbons (Fsp3) is 0.300. The van der Waals surface area contributed by atoms with Gasteiger partial charge in [-0.15, -0.1) is 0 Å². The lowest BCUT2D eigenvalue weighted by molar-refractivity contribution is 0.0523. The molecule has 176 valence electrons. The van der Waals surface area contributed by atoms with Crippen molar-refractivity contribution in [3.63, 3.8) is 0 Å². The molecule has 0 aliphatic heterocycles. The first-order chi connectivity index (χ1) is 16.2. The van der Waals surface area contributed by atoms with Crippen LogP contribution in [0.4, 0.5) is 4.79 Å². The lowest BCUT2D eigenvalue weighted by Crippen LogP contribution is -2.32. The normalized spacial score (nSPS) is 11.7. The topological polar surface area (TPSA) is 43.3 Å². The van der Waals surface area contributed by atoms with Crippen molar-refractivity contribution in [2.24, 2.45) is 5.92 Å². The van der Waals surface area contributed by atoms with Gasteiger partial charge in [-0.3, -0.25) is 0 Å². The van der Waals surface area contributed by atoms with E-state index in [2.05, 4.69) is 84.5 Å². The molecule has 0 bridgehead atoms. The monoisotopic (exact) mass is 454 g/mol. The molecule has 1 aromatic heterocycles. The Morgan fingerprint density at radius 3 is 2.35 bits per heavy atom. The first kappa shape index (κ1) is 23.6. The number of amides is 1. The molecular formula is C30H34N2O2. The van der Waals surface area contributed by atoms with E-state index in [9.17, 15) is 4.79 Å². The van der Waals surface area contributed by atoms with E-state index in [0.29, 0.717) is 12.5 Å². The standard InChI is InChI=1S/C30H34N2O2/c1-21(2)19-32-20-27(26-15-14-24(17-28(26)32)23-11-7-6-8-12-23)25-13-9-10-22(16-25)18-31-29(33)34-30(3,4)5/h6-17,20-21H,18-19H2,1-5H3,(H,31,33). The minimum Gasteiger partial charge on any atom is -0.444 e. The Labute approximate surface area is 202 Å². The molecule has 3 aromatic carbocycles.